The molecule has 0 atom stereocenters. The number of hydrogen-bond donors (Lipinski definition) is 1. The van der Waals surface area contributed by atoms with E-state index in [0.29, 0.717) is 19.5 Å². The van der Waals surface area contributed by atoms with Crippen LogP contribution in [-0.4, -0.2) is 27.0 Å². The number of carbonyl (C=O) groups is 1. The summed E-state index contributed by atoms with van der Waals surface area (Å²) in [6, 6.07) is 7.75. The predicted octanol–water partition coefficient (Wildman–Crippen LogP) is 2.16. The Morgan fingerprint density at radius 3 is 3.10 bits per heavy atom. The van der Waals surface area contributed by atoms with Crippen molar-refractivity contribution in [3.8, 4) is 0 Å². The zero-order chi connectivity index (χ0) is 14.7. The van der Waals surface area contributed by atoms with Crippen molar-refractivity contribution in [3.05, 3.63) is 46.5 Å². The predicted molar refractivity (Wildman–Crippen MR) is 83.3 cm³/mol. The second kappa shape index (κ2) is 6.05. The number of thiophene rings is 1. The Hall–Kier alpha value is -2.21. The highest BCUT2D eigenvalue weighted by molar-refractivity contribution is 7.10. The molecule has 0 aromatic carbocycles. The molecule has 6 heteroatoms. The lowest BCUT2D eigenvalue weighted by atomic mass is 10.3. The molecule has 108 valence electrons. The van der Waals surface area contributed by atoms with Gasteiger partial charge < -0.3 is 9.88 Å². The highest BCUT2D eigenvalue weighted by Crippen LogP contribution is 2.12. The van der Waals surface area contributed by atoms with Crippen LogP contribution in [-0.2, 0) is 17.8 Å². The van der Waals surface area contributed by atoms with Gasteiger partial charge in [0, 0.05) is 24.2 Å². The summed E-state index contributed by atoms with van der Waals surface area (Å²) in [4.78, 5) is 21.7. The quantitative estimate of drug-likeness (QED) is 0.785. The summed E-state index contributed by atoms with van der Waals surface area (Å²) >= 11 is 1.60. The Bertz CT molecular complexity index is 748. The third-order valence-corrected chi connectivity index (χ3v) is 4.14. The molecule has 21 heavy (non-hydrogen) atoms. The van der Waals surface area contributed by atoms with E-state index in [2.05, 4.69) is 15.3 Å². The standard InChI is InChI=1S/C15H16N4OS/c1-11-18-13-5-2-6-17-15(13)19(11)8-7-16-14(20)10-12-4-3-9-21-12/h2-6,9H,7-8,10H2,1H3,(H,16,20). The van der Waals surface area contributed by atoms with Crippen LogP contribution in [0.5, 0.6) is 0 Å². The van der Waals surface area contributed by atoms with Crippen molar-refractivity contribution < 1.29 is 4.79 Å². The normalized spacial score (nSPS) is 10.9. The van der Waals surface area contributed by atoms with Crippen molar-refractivity contribution in [3.63, 3.8) is 0 Å². The number of rotatable bonds is 5. The van der Waals surface area contributed by atoms with Gasteiger partial charge >= 0.3 is 0 Å². The van der Waals surface area contributed by atoms with E-state index in [1.807, 2.05) is 41.1 Å². The van der Waals surface area contributed by atoms with Crippen molar-refractivity contribution in [1.29, 1.82) is 0 Å². The number of amides is 1. The van der Waals surface area contributed by atoms with Crippen LogP contribution in [0.4, 0.5) is 0 Å². The minimum atomic E-state index is 0.0486. The first-order valence-electron chi connectivity index (χ1n) is 6.81. The van der Waals surface area contributed by atoms with Crippen molar-refractivity contribution in [2.24, 2.45) is 0 Å². The molecule has 0 saturated carbocycles. The molecule has 0 fully saturated rings. The highest BCUT2D eigenvalue weighted by Gasteiger charge is 2.08. The lowest BCUT2D eigenvalue weighted by Crippen LogP contribution is -2.28. The number of aryl methyl sites for hydroxylation is 1. The summed E-state index contributed by atoms with van der Waals surface area (Å²) in [5, 5.41) is 4.92. The maximum absolute atomic E-state index is 11.8. The number of fused-ring (bicyclic) bond motifs is 1. The summed E-state index contributed by atoms with van der Waals surface area (Å²) in [6.07, 6.45) is 2.20. The lowest BCUT2D eigenvalue weighted by molar-refractivity contribution is -0.120. The fourth-order valence-electron chi connectivity index (χ4n) is 2.28. The first-order valence-corrected chi connectivity index (χ1v) is 7.69. The third kappa shape index (κ3) is 3.11. The molecule has 1 amide bonds. The molecular formula is C15H16N4OS. The van der Waals surface area contributed by atoms with Crippen molar-refractivity contribution >= 4 is 28.4 Å². The van der Waals surface area contributed by atoms with Gasteiger partial charge in [-0.15, -0.1) is 11.3 Å². The highest BCUT2D eigenvalue weighted by atomic mass is 32.1. The minimum absolute atomic E-state index is 0.0486. The van der Waals surface area contributed by atoms with E-state index in [-0.39, 0.29) is 5.91 Å². The molecule has 0 aliphatic carbocycles. The number of hydrogen-bond acceptors (Lipinski definition) is 4. The molecular weight excluding hydrogens is 284 g/mol. The number of aromatic nitrogens is 3. The Kier molecular flexibility index (Phi) is 3.96. The zero-order valence-electron chi connectivity index (χ0n) is 11.7. The maximum Gasteiger partial charge on any atom is 0.225 e. The molecule has 0 saturated heterocycles. The van der Waals surface area contributed by atoms with Gasteiger partial charge in [0.15, 0.2) is 5.65 Å². The van der Waals surface area contributed by atoms with Crippen molar-refractivity contribution in [2.45, 2.75) is 19.9 Å². The second-order valence-corrected chi connectivity index (χ2v) is 5.80. The molecule has 3 aromatic heterocycles. The van der Waals surface area contributed by atoms with E-state index in [0.717, 1.165) is 21.9 Å². The molecule has 3 aromatic rings. The van der Waals surface area contributed by atoms with Crippen LogP contribution in [0, 0.1) is 6.92 Å². The van der Waals surface area contributed by atoms with E-state index < -0.39 is 0 Å². The van der Waals surface area contributed by atoms with Crippen molar-refractivity contribution in [1.82, 2.24) is 19.9 Å². The Morgan fingerprint density at radius 1 is 1.38 bits per heavy atom. The second-order valence-electron chi connectivity index (χ2n) is 4.76. The molecule has 0 bridgehead atoms. The molecule has 0 radical (unpaired) electrons. The van der Waals surface area contributed by atoms with E-state index >= 15 is 0 Å². The third-order valence-electron chi connectivity index (χ3n) is 3.27. The SMILES string of the molecule is Cc1nc2cccnc2n1CCNC(=O)Cc1cccs1. The fraction of sp³-hybridized carbons (Fsp3) is 0.267. The van der Waals surface area contributed by atoms with Gasteiger partial charge in [-0.2, -0.15) is 0 Å². The first-order chi connectivity index (χ1) is 10.2. The minimum Gasteiger partial charge on any atom is -0.354 e. The van der Waals surface area contributed by atoms with Gasteiger partial charge in [-0.25, -0.2) is 9.97 Å². The number of imidazole rings is 1. The van der Waals surface area contributed by atoms with Crippen LogP contribution in [0.25, 0.3) is 11.2 Å². The first kappa shape index (κ1) is 13.8. The number of nitrogens with zero attached hydrogens (tertiary/aromatic N) is 3. The average molecular weight is 300 g/mol. The molecule has 1 N–H and O–H groups in total. The maximum atomic E-state index is 11.8. The van der Waals surface area contributed by atoms with Crippen LogP contribution in [0.15, 0.2) is 35.8 Å². The molecule has 3 rings (SSSR count). The van der Waals surface area contributed by atoms with Crippen LogP contribution in [0.1, 0.15) is 10.7 Å². The Labute approximate surface area is 126 Å². The molecule has 3 heterocycles. The monoisotopic (exact) mass is 300 g/mol. The summed E-state index contributed by atoms with van der Waals surface area (Å²) in [7, 11) is 0. The van der Waals surface area contributed by atoms with E-state index in [1.165, 1.54) is 0 Å². The lowest BCUT2D eigenvalue weighted by Gasteiger charge is -2.07. The smallest absolute Gasteiger partial charge is 0.225 e. The molecule has 5 nitrogen and oxygen atoms in total. The summed E-state index contributed by atoms with van der Waals surface area (Å²) < 4.78 is 2.03. The number of carbonyl (C=O) groups excluding carboxylic acids is 1. The van der Waals surface area contributed by atoms with Gasteiger partial charge in [0.1, 0.15) is 11.3 Å². The van der Waals surface area contributed by atoms with Gasteiger partial charge in [0.2, 0.25) is 5.91 Å². The van der Waals surface area contributed by atoms with Crippen LogP contribution in [0.2, 0.25) is 0 Å². The molecule has 0 unspecified atom stereocenters. The van der Waals surface area contributed by atoms with Gasteiger partial charge in [-0.05, 0) is 30.5 Å². The zero-order valence-corrected chi connectivity index (χ0v) is 12.6. The molecule has 0 spiro atoms. The Balaban J connectivity index is 1.59. The number of nitrogens with one attached hydrogen (secondary N) is 1. The van der Waals surface area contributed by atoms with E-state index in [1.54, 1.807) is 17.5 Å². The van der Waals surface area contributed by atoms with Gasteiger partial charge in [0.25, 0.3) is 0 Å². The van der Waals surface area contributed by atoms with Crippen LogP contribution >= 0.6 is 11.3 Å². The summed E-state index contributed by atoms with van der Waals surface area (Å²) in [5.41, 5.74) is 1.75. The van der Waals surface area contributed by atoms with E-state index in [4.69, 9.17) is 0 Å². The Morgan fingerprint density at radius 2 is 2.29 bits per heavy atom. The van der Waals surface area contributed by atoms with Gasteiger partial charge in [0.05, 0.1) is 6.42 Å². The fourth-order valence-corrected chi connectivity index (χ4v) is 2.98. The summed E-state index contributed by atoms with van der Waals surface area (Å²) in [6.45, 7) is 3.21. The average Bonchev–Trinajstić information content (AvgIpc) is 3.07. The topological polar surface area (TPSA) is 59.8 Å². The largest absolute Gasteiger partial charge is 0.354 e. The van der Waals surface area contributed by atoms with Gasteiger partial charge in [-0.3, -0.25) is 4.79 Å². The van der Waals surface area contributed by atoms with E-state index in [9.17, 15) is 4.79 Å². The number of pyridine rings is 1. The van der Waals surface area contributed by atoms with Gasteiger partial charge in [-0.1, -0.05) is 6.07 Å². The molecule has 0 aliphatic rings. The molecule has 0 aliphatic heterocycles. The van der Waals surface area contributed by atoms with Crippen LogP contribution in [0.3, 0.4) is 0 Å². The van der Waals surface area contributed by atoms with Crippen molar-refractivity contribution in [2.75, 3.05) is 6.54 Å². The van der Waals surface area contributed by atoms with Crippen LogP contribution < -0.4 is 5.32 Å². The summed E-state index contributed by atoms with van der Waals surface area (Å²) in [5.74, 6) is 0.962.